The molecule has 1 nitrogen and oxygen atoms in total. The molecule has 0 amide bonds. The summed E-state index contributed by atoms with van der Waals surface area (Å²) in [6, 6.07) is 0.753. The molecule has 0 bridgehead atoms. The van der Waals surface area contributed by atoms with Crippen molar-refractivity contribution >= 4 is 11.8 Å². The van der Waals surface area contributed by atoms with Crippen LogP contribution in [-0.2, 0) is 0 Å². The Kier molecular flexibility index (Phi) is 14.6. The lowest BCUT2D eigenvalue weighted by Gasteiger charge is -2.17. The van der Waals surface area contributed by atoms with Gasteiger partial charge in [-0.3, -0.25) is 0 Å². The van der Waals surface area contributed by atoms with E-state index in [4.69, 9.17) is 0 Å². The Hall–Kier alpha value is 0.310. The van der Waals surface area contributed by atoms with Gasteiger partial charge in [0.1, 0.15) is 0 Å². The zero-order chi connectivity index (χ0) is 12.8. The van der Waals surface area contributed by atoms with E-state index in [-0.39, 0.29) is 0 Å². The molecule has 104 valence electrons. The minimum Gasteiger partial charge on any atom is -0.313 e. The van der Waals surface area contributed by atoms with Crippen LogP contribution in [0.1, 0.15) is 72.1 Å². The second-order valence-electron chi connectivity index (χ2n) is 4.89. The molecule has 0 fully saturated rings. The summed E-state index contributed by atoms with van der Waals surface area (Å²) in [6.07, 6.45) is 11.2. The first kappa shape index (κ1) is 17.3. The highest BCUT2D eigenvalue weighted by atomic mass is 32.2. The highest BCUT2D eigenvalue weighted by Gasteiger charge is 2.06. The first-order valence-electron chi connectivity index (χ1n) is 7.66. The number of hydrogen-bond acceptors (Lipinski definition) is 2. The summed E-state index contributed by atoms with van der Waals surface area (Å²) in [7, 11) is 0. The maximum atomic E-state index is 3.62. The topological polar surface area (TPSA) is 12.0 Å². The van der Waals surface area contributed by atoms with Crippen LogP contribution in [0.25, 0.3) is 0 Å². The predicted molar refractivity (Wildman–Crippen MR) is 83.1 cm³/mol. The Balaban J connectivity index is 3.41. The smallest absolute Gasteiger partial charge is 0.0158 e. The van der Waals surface area contributed by atoms with Crippen LogP contribution in [-0.4, -0.2) is 24.1 Å². The molecule has 0 saturated carbocycles. The van der Waals surface area contributed by atoms with Gasteiger partial charge in [-0.15, -0.1) is 0 Å². The van der Waals surface area contributed by atoms with Gasteiger partial charge in [0.25, 0.3) is 0 Å². The molecule has 1 unspecified atom stereocenters. The maximum absolute atomic E-state index is 3.62. The van der Waals surface area contributed by atoms with Crippen molar-refractivity contribution in [3.63, 3.8) is 0 Å². The van der Waals surface area contributed by atoms with E-state index < -0.39 is 0 Å². The average Bonchev–Trinajstić information content (AvgIpc) is 2.34. The molecular weight excluding hydrogens is 226 g/mol. The number of hydrogen-bond donors (Lipinski definition) is 1. The van der Waals surface area contributed by atoms with Gasteiger partial charge in [-0.05, 0) is 25.1 Å². The van der Waals surface area contributed by atoms with Gasteiger partial charge in [-0.25, -0.2) is 0 Å². The van der Waals surface area contributed by atoms with Gasteiger partial charge >= 0.3 is 0 Å². The van der Waals surface area contributed by atoms with E-state index in [0.29, 0.717) is 0 Å². The fourth-order valence-corrected chi connectivity index (χ4v) is 3.10. The van der Waals surface area contributed by atoms with Crippen LogP contribution in [0.4, 0.5) is 0 Å². The molecule has 1 atom stereocenters. The molecule has 0 aromatic carbocycles. The van der Waals surface area contributed by atoms with Crippen LogP contribution in [0.2, 0.25) is 0 Å². The number of nitrogens with one attached hydrogen (secondary N) is 1. The zero-order valence-corrected chi connectivity index (χ0v) is 13.1. The molecule has 1 N–H and O–H groups in total. The normalized spacial score (nSPS) is 12.9. The van der Waals surface area contributed by atoms with Crippen LogP contribution in [0, 0.1) is 0 Å². The first-order valence-corrected chi connectivity index (χ1v) is 8.81. The summed E-state index contributed by atoms with van der Waals surface area (Å²) < 4.78 is 0. The molecule has 0 saturated heterocycles. The second-order valence-corrected chi connectivity index (χ2v) is 6.04. The fraction of sp³-hybridized carbons (Fsp3) is 1.00. The van der Waals surface area contributed by atoms with Gasteiger partial charge in [-0.2, -0.15) is 11.8 Å². The van der Waals surface area contributed by atoms with Gasteiger partial charge in [-0.1, -0.05) is 59.3 Å². The summed E-state index contributed by atoms with van der Waals surface area (Å²) in [6.45, 7) is 7.89. The molecule has 0 radical (unpaired) electrons. The average molecular weight is 260 g/mol. The second kappa shape index (κ2) is 14.4. The number of thioether (sulfide) groups is 1. The monoisotopic (exact) mass is 259 g/mol. The quantitative estimate of drug-likeness (QED) is 0.474. The molecule has 0 aromatic heterocycles. The molecule has 0 rings (SSSR count). The van der Waals surface area contributed by atoms with E-state index >= 15 is 0 Å². The summed E-state index contributed by atoms with van der Waals surface area (Å²) in [4.78, 5) is 0. The third-order valence-electron chi connectivity index (χ3n) is 3.07. The maximum Gasteiger partial charge on any atom is 0.0158 e. The Morgan fingerprint density at radius 3 is 2.24 bits per heavy atom. The van der Waals surface area contributed by atoms with Crippen molar-refractivity contribution in [2.75, 3.05) is 18.1 Å². The van der Waals surface area contributed by atoms with Gasteiger partial charge in [0.05, 0.1) is 0 Å². The third kappa shape index (κ3) is 12.6. The number of unbranched alkanes of at least 4 members (excludes halogenated alkanes) is 5. The van der Waals surface area contributed by atoms with E-state index in [0.717, 1.165) is 12.6 Å². The van der Waals surface area contributed by atoms with Gasteiger partial charge in [0.2, 0.25) is 0 Å². The molecule has 0 heterocycles. The van der Waals surface area contributed by atoms with Gasteiger partial charge in [0.15, 0.2) is 0 Å². The molecule has 0 aliphatic rings. The minimum absolute atomic E-state index is 0.753. The van der Waals surface area contributed by atoms with Crippen molar-refractivity contribution in [1.29, 1.82) is 0 Å². The lowest BCUT2D eigenvalue weighted by molar-refractivity contribution is 0.494. The van der Waals surface area contributed by atoms with Crippen molar-refractivity contribution in [3.05, 3.63) is 0 Å². The highest BCUT2D eigenvalue weighted by Crippen LogP contribution is 2.12. The molecule has 17 heavy (non-hydrogen) atoms. The van der Waals surface area contributed by atoms with Crippen LogP contribution in [0.3, 0.4) is 0 Å². The highest BCUT2D eigenvalue weighted by molar-refractivity contribution is 7.99. The van der Waals surface area contributed by atoms with Crippen molar-refractivity contribution in [2.45, 2.75) is 78.2 Å². The van der Waals surface area contributed by atoms with Crippen LogP contribution < -0.4 is 5.32 Å². The first-order chi connectivity index (χ1) is 8.35. The molecule has 0 aromatic rings. The Morgan fingerprint density at radius 2 is 1.59 bits per heavy atom. The standard InChI is InChI=1S/C15H33NS/c1-4-7-8-9-10-11-12-15(16-6-3)14-17-13-5-2/h15-16H,4-14H2,1-3H3. The van der Waals surface area contributed by atoms with Crippen LogP contribution >= 0.6 is 11.8 Å². The van der Waals surface area contributed by atoms with E-state index in [1.807, 2.05) is 0 Å². The Bertz CT molecular complexity index is 139. The van der Waals surface area contributed by atoms with E-state index in [2.05, 4.69) is 37.8 Å². The van der Waals surface area contributed by atoms with Crippen LogP contribution in [0.5, 0.6) is 0 Å². The molecule has 2 heteroatoms. The summed E-state index contributed by atoms with van der Waals surface area (Å²) in [5, 5.41) is 3.62. The molecule has 0 aliphatic heterocycles. The molecular formula is C15H33NS. The predicted octanol–water partition coefficient (Wildman–Crippen LogP) is 4.86. The lowest BCUT2D eigenvalue weighted by Crippen LogP contribution is -2.31. The summed E-state index contributed by atoms with van der Waals surface area (Å²) in [5.41, 5.74) is 0. The van der Waals surface area contributed by atoms with E-state index in [1.165, 1.54) is 62.9 Å². The Labute approximate surface area is 114 Å². The minimum atomic E-state index is 0.753. The van der Waals surface area contributed by atoms with Crippen molar-refractivity contribution in [3.8, 4) is 0 Å². The Morgan fingerprint density at radius 1 is 0.882 bits per heavy atom. The largest absolute Gasteiger partial charge is 0.313 e. The lowest BCUT2D eigenvalue weighted by atomic mass is 10.1. The number of rotatable bonds is 13. The van der Waals surface area contributed by atoms with Gasteiger partial charge in [0, 0.05) is 11.8 Å². The molecule has 0 aliphatic carbocycles. The van der Waals surface area contributed by atoms with Crippen LogP contribution in [0.15, 0.2) is 0 Å². The third-order valence-corrected chi connectivity index (χ3v) is 4.40. The van der Waals surface area contributed by atoms with Crippen molar-refractivity contribution in [2.24, 2.45) is 0 Å². The summed E-state index contributed by atoms with van der Waals surface area (Å²) >= 11 is 2.11. The van der Waals surface area contributed by atoms with E-state index in [1.54, 1.807) is 0 Å². The summed E-state index contributed by atoms with van der Waals surface area (Å²) in [5.74, 6) is 2.62. The van der Waals surface area contributed by atoms with Crippen molar-refractivity contribution < 1.29 is 0 Å². The zero-order valence-electron chi connectivity index (χ0n) is 12.3. The van der Waals surface area contributed by atoms with Gasteiger partial charge < -0.3 is 5.32 Å². The fourth-order valence-electron chi connectivity index (χ4n) is 2.07. The van der Waals surface area contributed by atoms with Crippen molar-refractivity contribution in [1.82, 2.24) is 5.32 Å². The SMILES string of the molecule is CCCCCCCCC(CSCCC)NCC. The van der Waals surface area contributed by atoms with E-state index in [9.17, 15) is 0 Å². The molecule has 0 spiro atoms.